The fourth-order valence-electron chi connectivity index (χ4n) is 0.876. The normalized spacial score (nSPS) is 11.6. The molecule has 0 aliphatic heterocycles. The summed E-state index contributed by atoms with van der Waals surface area (Å²) in [5.74, 6) is -3.39. The van der Waals surface area contributed by atoms with Crippen LogP contribution in [0.2, 0.25) is 0 Å². The molecule has 0 bridgehead atoms. The molecule has 6 heteroatoms. The maximum absolute atomic E-state index is 12.5. The first kappa shape index (κ1) is 12.8. The van der Waals surface area contributed by atoms with Crippen molar-refractivity contribution in [3.8, 4) is 0 Å². The molecule has 1 atom stereocenters. The summed E-state index contributed by atoms with van der Waals surface area (Å²) in [7, 11) is 0. The van der Waals surface area contributed by atoms with E-state index in [-0.39, 0.29) is 18.0 Å². The Kier molecular flexibility index (Phi) is 4.46. The van der Waals surface area contributed by atoms with E-state index in [0.717, 1.165) is 12.1 Å². The second-order valence-electron chi connectivity index (χ2n) is 2.44. The number of hydrogen-bond donors (Lipinski definition) is 2. The number of aliphatic hydroxyl groups is 1. The highest BCUT2D eigenvalue weighted by molar-refractivity contribution is 5.85. The molecule has 0 heterocycles. The highest BCUT2D eigenvalue weighted by Gasteiger charge is 2.17. The average molecular weight is 225 g/mol. The highest BCUT2D eigenvalue weighted by atomic mass is 35.5. The van der Waals surface area contributed by atoms with E-state index in [9.17, 15) is 13.6 Å². The van der Waals surface area contributed by atoms with Crippen molar-refractivity contribution in [2.75, 3.05) is 0 Å². The average Bonchev–Trinajstić information content (AvgIpc) is 2.01. The summed E-state index contributed by atoms with van der Waals surface area (Å²) in [5.41, 5.74) is -0.315. The first-order valence-electron chi connectivity index (χ1n) is 3.37. The van der Waals surface area contributed by atoms with Crippen molar-refractivity contribution >= 4 is 18.4 Å². The van der Waals surface area contributed by atoms with Gasteiger partial charge in [-0.2, -0.15) is 0 Å². The molecule has 0 aromatic heterocycles. The SMILES string of the molecule is Cl.O=C(O)C(O)c1cc(F)cc(F)c1. The number of carboxylic acids is 1. The number of carbonyl (C=O) groups is 1. The fourth-order valence-corrected chi connectivity index (χ4v) is 0.876. The van der Waals surface area contributed by atoms with E-state index >= 15 is 0 Å². The molecule has 0 saturated carbocycles. The molecule has 1 unspecified atom stereocenters. The molecule has 3 nitrogen and oxygen atoms in total. The molecule has 0 amide bonds. The largest absolute Gasteiger partial charge is 0.479 e. The Morgan fingerprint density at radius 3 is 2.00 bits per heavy atom. The second kappa shape index (κ2) is 4.88. The van der Waals surface area contributed by atoms with Crippen LogP contribution < -0.4 is 0 Å². The third-order valence-electron chi connectivity index (χ3n) is 1.43. The summed E-state index contributed by atoms with van der Waals surface area (Å²) in [6, 6.07) is 2.13. The van der Waals surface area contributed by atoms with Gasteiger partial charge in [-0.1, -0.05) is 0 Å². The summed E-state index contributed by atoms with van der Waals surface area (Å²) < 4.78 is 25.0. The van der Waals surface area contributed by atoms with Gasteiger partial charge in [-0.15, -0.1) is 12.4 Å². The molecule has 1 rings (SSSR count). The number of aliphatic hydroxyl groups excluding tert-OH is 1. The highest BCUT2D eigenvalue weighted by Crippen LogP contribution is 2.15. The van der Waals surface area contributed by atoms with Crippen LogP contribution in [0.1, 0.15) is 11.7 Å². The van der Waals surface area contributed by atoms with Crippen LogP contribution >= 0.6 is 12.4 Å². The lowest BCUT2D eigenvalue weighted by molar-refractivity contribution is -0.146. The lowest BCUT2D eigenvalue weighted by Crippen LogP contribution is -2.10. The molecule has 2 N–H and O–H groups in total. The Hall–Kier alpha value is -1.20. The third kappa shape index (κ3) is 2.93. The quantitative estimate of drug-likeness (QED) is 0.801. The maximum atomic E-state index is 12.5. The van der Waals surface area contributed by atoms with Gasteiger partial charge in [0.05, 0.1) is 0 Å². The summed E-state index contributed by atoms with van der Waals surface area (Å²) in [4.78, 5) is 10.2. The van der Waals surface area contributed by atoms with Gasteiger partial charge in [0.25, 0.3) is 0 Å². The summed E-state index contributed by atoms with van der Waals surface area (Å²) in [5, 5.41) is 17.2. The number of halogens is 3. The zero-order valence-corrected chi connectivity index (χ0v) is 7.59. The molecule has 0 saturated heterocycles. The van der Waals surface area contributed by atoms with Gasteiger partial charge < -0.3 is 10.2 Å². The van der Waals surface area contributed by atoms with Crippen LogP contribution in [0.3, 0.4) is 0 Å². The van der Waals surface area contributed by atoms with Crippen LogP contribution in [-0.4, -0.2) is 16.2 Å². The Labute approximate surface area is 84.4 Å². The monoisotopic (exact) mass is 224 g/mol. The van der Waals surface area contributed by atoms with E-state index in [1.54, 1.807) is 0 Å². The third-order valence-corrected chi connectivity index (χ3v) is 1.43. The second-order valence-corrected chi connectivity index (χ2v) is 2.44. The zero-order chi connectivity index (χ0) is 10.0. The lowest BCUT2D eigenvalue weighted by Gasteiger charge is -2.05. The molecule has 1 aromatic rings. The number of hydrogen-bond acceptors (Lipinski definition) is 2. The number of aliphatic carboxylic acids is 1. The Morgan fingerprint density at radius 2 is 1.64 bits per heavy atom. The standard InChI is InChI=1S/C8H6F2O3.ClH/c9-5-1-4(2-6(10)3-5)7(11)8(12)13;/h1-3,7,11H,(H,12,13);1H. The van der Waals surface area contributed by atoms with Gasteiger partial charge >= 0.3 is 5.97 Å². The smallest absolute Gasteiger partial charge is 0.337 e. The predicted molar refractivity (Wildman–Crippen MR) is 46.2 cm³/mol. The molecule has 1 aromatic carbocycles. The van der Waals surface area contributed by atoms with Gasteiger partial charge in [0, 0.05) is 6.07 Å². The van der Waals surface area contributed by atoms with Crippen LogP contribution in [0.5, 0.6) is 0 Å². The predicted octanol–water partition coefficient (Wildman–Crippen LogP) is 1.50. The summed E-state index contributed by atoms with van der Waals surface area (Å²) >= 11 is 0. The Balaban J connectivity index is 0.00000169. The Morgan fingerprint density at radius 1 is 1.21 bits per heavy atom. The van der Waals surface area contributed by atoms with Gasteiger partial charge in [0.1, 0.15) is 11.6 Å². The van der Waals surface area contributed by atoms with Crippen LogP contribution in [0.25, 0.3) is 0 Å². The van der Waals surface area contributed by atoms with Crippen molar-refractivity contribution in [3.63, 3.8) is 0 Å². The van der Waals surface area contributed by atoms with Crippen LogP contribution in [0, 0.1) is 11.6 Å². The minimum absolute atomic E-state index is 0. The zero-order valence-electron chi connectivity index (χ0n) is 6.78. The van der Waals surface area contributed by atoms with E-state index in [0.29, 0.717) is 6.07 Å². The van der Waals surface area contributed by atoms with Crippen LogP contribution in [-0.2, 0) is 4.79 Å². The lowest BCUT2D eigenvalue weighted by atomic mass is 10.1. The fraction of sp³-hybridized carbons (Fsp3) is 0.125. The van der Waals surface area contributed by atoms with E-state index in [2.05, 4.69) is 0 Å². The molecule has 0 aliphatic carbocycles. The minimum Gasteiger partial charge on any atom is -0.479 e. The molecule has 0 aliphatic rings. The van der Waals surface area contributed by atoms with E-state index in [1.807, 2.05) is 0 Å². The molecular weight excluding hydrogens is 218 g/mol. The number of rotatable bonds is 2. The van der Waals surface area contributed by atoms with E-state index in [4.69, 9.17) is 10.2 Å². The molecular formula is C8H7ClF2O3. The minimum atomic E-state index is -1.90. The van der Waals surface area contributed by atoms with Crippen molar-refractivity contribution in [3.05, 3.63) is 35.4 Å². The van der Waals surface area contributed by atoms with Crippen molar-refractivity contribution in [2.45, 2.75) is 6.10 Å². The van der Waals surface area contributed by atoms with Crippen molar-refractivity contribution in [1.29, 1.82) is 0 Å². The first-order valence-corrected chi connectivity index (χ1v) is 3.37. The van der Waals surface area contributed by atoms with Crippen molar-refractivity contribution in [2.24, 2.45) is 0 Å². The number of carboxylic acid groups (broad SMARTS) is 1. The molecule has 0 fully saturated rings. The van der Waals surface area contributed by atoms with Gasteiger partial charge in [-0.25, -0.2) is 13.6 Å². The first-order chi connectivity index (χ1) is 6.00. The van der Waals surface area contributed by atoms with Crippen LogP contribution in [0.15, 0.2) is 18.2 Å². The molecule has 14 heavy (non-hydrogen) atoms. The summed E-state index contributed by atoms with van der Waals surface area (Å²) in [6.07, 6.45) is -1.90. The van der Waals surface area contributed by atoms with Gasteiger partial charge in [0.15, 0.2) is 6.10 Å². The summed E-state index contributed by atoms with van der Waals surface area (Å²) in [6.45, 7) is 0. The van der Waals surface area contributed by atoms with Gasteiger partial charge in [-0.3, -0.25) is 0 Å². The van der Waals surface area contributed by atoms with Crippen molar-refractivity contribution < 1.29 is 23.8 Å². The number of benzene rings is 1. The van der Waals surface area contributed by atoms with E-state index < -0.39 is 23.7 Å². The molecule has 0 spiro atoms. The topological polar surface area (TPSA) is 57.5 Å². The maximum Gasteiger partial charge on any atom is 0.337 e. The molecule has 0 radical (unpaired) electrons. The van der Waals surface area contributed by atoms with Crippen molar-refractivity contribution in [1.82, 2.24) is 0 Å². The van der Waals surface area contributed by atoms with Gasteiger partial charge in [-0.05, 0) is 17.7 Å². The van der Waals surface area contributed by atoms with Gasteiger partial charge in [0.2, 0.25) is 0 Å². The van der Waals surface area contributed by atoms with E-state index in [1.165, 1.54) is 0 Å². The Bertz CT molecular complexity index is 323. The molecule has 78 valence electrons. The van der Waals surface area contributed by atoms with Crippen LogP contribution in [0.4, 0.5) is 8.78 Å².